The second-order valence-electron chi connectivity index (χ2n) is 12.2. The molecule has 3 aliphatic rings. The third kappa shape index (κ3) is 5.09. The summed E-state index contributed by atoms with van der Waals surface area (Å²) in [5.41, 5.74) is 9.66. The van der Waals surface area contributed by atoms with Crippen molar-refractivity contribution in [3.05, 3.63) is 80.8 Å². The van der Waals surface area contributed by atoms with Gasteiger partial charge in [-0.3, -0.25) is 0 Å². The minimum atomic E-state index is 0. The zero-order chi connectivity index (χ0) is 24.2. The monoisotopic (exact) mass is 585 g/mol. The fourth-order valence-corrected chi connectivity index (χ4v) is 7.27. The summed E-state index contributed by atoms with van der Waals surface area (Å²) < 4.78 is 1.58. The van der Waals surface area contributed by atoms with Crippen molar-refractivity contribution in [1.82, 2.24) is 0 Å². The van der Waals surface area contributed by atoms with Crippen molar-refractivity contribution >= 4 is 8.85 Å². The van der Waals surface area contributed by atoms with Crippen LogP contribution in [0.15, 0.2) is 59.2 Å². The number of rotatable bonds is 5. The molecule has 0 radical (unpaired) electrons. The molecular weight excluding hydrogens is 546 g/mol. The summed E-state index contributed by atoms with van der Waals surface area (Å²) in [4.78, 5) is 0. The standard InChI is InChI=1S/C32H41.2ClH.Zr/c1-9-13-23-19-25(30(3,4)5)20-24-21-27-26(28(23)24)16-18-32(17-10-2,31(6,7)8)29(27)22-14-11-12-15-22;;;/h11-12,14,16,18-20H,9-10,13,15,17H2,1-8H3;2*1H;/q;;;+2/p-2. The molecule has 0 saturated carbocycles. The van der Waals surface area contributed by atoms with Gasteiger partial charge in [0.15, 0.2) is 0 Å². The van der Waals surface area contributed by atoms with E-state index in [1.807, 2.05) is 0 Å². The van der Waals surface area contributed by atoms with Crippen molar-refractivity contribution in [1.29, 1.82) is 0 Å². The van der Waals surface area contributed by atoms with Crippen molar-refractivity contribution < 1.29 is 49.5 Å². The maximum absolute atomic E-state index is 2.61. The zero-order valence-corrected chi connectivity index (χ0v) is 26.8. The van der Waals surface area contributed by atoms with E-state index in [0.717, 1.165) is 12.8 Å². The molecule has 0 heterocycles. The number of allylic oxidation sites excluding steroid dienone is 8. The van der Waals surface area contributed by atoms with Crippen LogP contribution < -0.4 is 35.3 Å². The largest absolute Gasteiger partial charge is 1.00 e. The fourth-order valence-electron chi connectivity index (χ4n) is 6.15. The van der Waals surface area contributed by atoms with Crippen LogP contribution in [0.25, 0.3) is 8.85 Å². The molecule has 4 rings (SSSR count). The zero-order valence-electron chi connectivity index (χ0n) is 22.8. The van der Waals surface area contributed by atoms with Crippen molar-refractivity contribution in [2.24, 2.45) is 10.8 Å². The average Bonchev–Trinajstić information content (AvgIpc) is 3.34. The van der Waals surface area contributed by atoms with Gasteiger partial charge in [-0.15, -0.1) is 0 Å². The summed E-state index contributed by atoms with van der Waals surface area (Å²) in [6.45, 7) is 19.1. The Morgan fingerprint density at radius 1 is 0.971 bits per heavy atom. The summed E-state index contributed by atoms with van der Waals surface area (Å²) in [6, 6.07) is 5.05. The summed E-state index contributed by atoms with van der Waals surface area (Å²) in [5.74, 6) is 0. The van der Waals surface area contributed by atoms with Crippen LogP contribution in [0.2, 0.25) is 0 Å². The van der Waals surface area contributed by atoms with Gasteiger partial charge in [0.25, 0.3) is 0 Å². The van der Waals surface area contributed by atoms with Crippen molar-refractivity contribution in [2.45, 2.75) is 92.9 Å². The Balaban J connectivity index is 0.00000216. The molecule has 35 heavy (non-hydrogen) atoms. The van der Waals surface area contributed by atoms with E-state index in [4.69, 9.17) is 0 Å². The minimum absolute atomic E-state index is 0. The second-order valence-corrected chi connectivity index (χ2v) is 13.5. The molecule has 0 bridgehead atoms. The first kappa shape index (κ1) is 30.6. The first-order valence-corrected chi connectivity index (χ1v) is 14.1. The van der Waals surface area contributed by atoms with E-state index in [1.54, 1.807) is 20.0 Å². The second kappa shape index (κ2) is 11.0. The van der Waals surface area contributed by atoms with E-state index in [1.165, 1.54) is 71.1 Å². The Morgan fingerprint density at radius 2 is 1.66 bits per heavy atom. The molecule has 0 nitrogen and oxygen atoms in total. The van der Waals surface area contributed by atoms with Crippen LogP contribution in [-0.2, 0) is 36.6 Å². The molecule has 0 aliphatic heterocycles. The van der Waals surface area contributed by atoms with Gasteiger partial charge in [-0.05, 0) is 0 Å². The van der Waals surface area contributed by atoms with Gasteiger partial charge in [0.1, 0.15) is 0 Å². The molecule has 3 heteroatoms. The quantitative estimate of drug-likeness (QED) is 0.488. The van der Waals surface area contributed by atoms with E-state index in [-0.39, 0.29) is 41.1 Å². The van der Waals surface area contributed by atoms with Crippen LogP contribution in [0.5, 0.6) is 0 Å². The Kier molecular flexibility index (Phi) is 9.63. The molecule has 1 aromatic carbocycles. The van der Waals surface area contributed by atoms with Gasteiger partial charge >= 0.3 is 218 Å². The molecule has 1 aromatic rings. The third-order valence-electron chi connectivity index (χ3n) is 7.97. The van der Waals surface area contributed by atoms with Gasteiger partial charge in [0.05, 0.1) is 0 Å². The normalized spacial score (nSPS) is 21.0. The van der Waals surface area contributed by atoms with Crippen LogP contribution in [0, 0.1) is 10.8 Å². The topological polar surface area (TPSA) is 0 Å². The molecule has 1 unspecified atom stereocenters. The predicted molar refractivity (Wildman–Crippen MR) is 140 cm³/mol. The number of hydrogen-bond donors (Lipinski definition) is 0. The molecule has 0 N–H and O–H groups in total. The van der Waals surface area contributed by atoms with Crippen molar-refractivity contribution in [3.8, 4) is 0 Å². The smallest absolute Gasteiger partial charge is 1.00 e. The average molecular weight is 588 g/mol. The Bertz CT molecular complexity index is 1230. The Morgan fingerprint density at radius 3 is 2.17 bits per heavy atom. The van der Waals surface area contributed by atoms with E-state index >= 15 is 0 Å². The molecule has 187 valence electrons. The Hall–Kier alpha value is -0.617. The Labute approximate surface area is 241 Å². The summed E-state index contributed by atoms with van der Waals surface area (Å²) in [6.07, 6.45) is 17.9. The van der Waals surface area contributed by atoms with Crippen molar-refractivity contribution in [3.63, 3.8) is 0 Å². The van der Waals surface area contributed by atoms with E-state index in [0.29, 0.717) is 0 Å². The van der Waals surface area contributed by atoms with Crippen molar-refractivity contribution in [2.75, 3.05) is 0 Å². The predicted octanol–water partition coefficient (Wildman–Crippen LogP) is 1.35. The van der Waals surface area contributed by atoms with E-state index in [9.17, 15) is 0 Å². The van der Waals surface area contributed by atoms with Crippen LogP contribution >= 0.6 is 0 Å². The van der Waals surface area contributed by atoms with Gasteiger partial charge in [-0.2, -0.15) is 0 Å². The third-order valence-corrected chi connectivity index (χ3v) is 9.25. The number of aryl methyl sites for hydroxylation is 1. The number of benzene rings is 1. The number of fused-ring (bicyclic) bond motifs is 2. The van der Waals surface area contributed by atoms with Gasteiger partial charge in [-0.1, -0.05) is 0 Å². The van der Waals surface area contributed by atoms with Gasteiger partial charge in [0, 0.05) is 0 Å². The van der Waals surface area contributed by atoms with Gasteiger partial charge in [0.2, 0.25) is 0 Å². The SMILES string of the molecule is CCCc1cc(C(C)(C)C)cc2c1=C1C=CC(CCC)(C(C)(C)C)C(C3=CC=CC3)=C1[C]=2[Zr+2].[Cl-].[Cl-]. The van der Waals surface area contributed by atoms with E-state index < -0.39 is 0 Å². The number of hydrogen-bond acceptors (Lipinski definition) is 0. The van der Waals surface area contributed by atoms with Gasteiger partial charge < -0.3 is 24.8 Å². The first-order valence-electron chi connectivity index (χ1n) is 12.9. The molecule has 0 amide bonds. The molecule has 1 atom stereocenters. The molecule has 0 saturated heterocycles. The molecule has 0 fully saturated rings. The summed E-state index contributed by atoms with van der Waals surface area (Å²) >= 11 is 1.54. The maximum atomic E-state index is 2.61. The summed E-state index contributed by atoms with van der Waals surface area (Å²) in [7, 11) is 0. The molecule has 0 aromatic heterocycles. The summed E-state index contributed by atoms with van der Waals surface area (Å²) in [5, 5.41) is 3.05. The van der Waals surface area contributed by atoms with Crippen LogP contribution in [0.4, 0.5) is 0 Å². The van der Waals surface area contributed by atoms with Crippen LogP contribution in [-0.4, -0.2) is 0 Å². The molecular formula is C32H41Cl2Zr. The van der Waals surface area contributed by atoms with E-state index in [2.05, 4.69) is 97.9 Å². The van der Waals surface area contributed by atoms with Crippen LogP contribution in [0.3, 0.4) is 0 Å². The van der Waals surface area contributed by atoms with Crippen LogP contribution in [0.1, 0.15) is 92.2 Å². The fraction of sp³-hybridized carbons (Fsp3) is 0.500. The number of halogens is 2. The van der Waals surface area contributed by atoms with Gasteiger partial charge in [-0.25, -0.2) is 0 Å². The molecule has 0 spiro atoms. The minimum Gasteiger partial charge on any atom is -1.00 e. The first-order chi connectivity index (χ1) is 15.5. The molecule has 3 aliphatic carbocycles. The maximum Gasteiger partial charge on any atom is -1.00 e.